The van der Waals surface area contributed by atoms with Crippen molar-refractivity contribution >= 4 is 17.7 Å². The molecule has 33 heavy (non-hydrogen) atoms. The van der Waals surface area contributed by atoms with Gasteiger partial charge in [0, 0.05) is 41.9 Å². The molecule has 0 bridgehead atoms. The van der Waals surface area contributed by atoms with E-state index in [-0.39, 0.29) is 17.8 Å². The molecule has 1 N–H and O–H groups in total. The maximum atomic E-state index is 12.5. The molecule has 0 fully saturated rings. The van der Waals surface area contributed by atoms with Gasteiger partial charge in [0.2, 0.25) is 0 Å². The van der Waals surface area contributed by atoms with Gasteiger partial charge in [-0.3, -0.25) is 14.9 Å². The maximum Gasteiger partial charge on any atom is 0.269 e. The zero-order valence-corrected chi connectivity index (χ0v) is 18.2. The van der Waals surface area contributed by atoms with Gasteiger partial charge in [-0.1, -0.05) is 0 Å². The average Bonchev–Trinajstić information content (AvgIpc) is 3.28. The first kappa shape index (κ1) is 23.1. The van der Waals surface area contributed by atoms with Gasteiger partial charge in [0.1, 0.15) is 34.7 Å². The van der Waals surface area contributed by atoms with Gasteiger partial charge in [-0.25, -0.2) is 0 Å². The Labute approximate surface area is 190 Å². The predicted octanol–water partition coefficient (Wildman–Crippen LogP) is 4.40. The quantitative estimate of drug-likeness (QED) is 0.234. The Bertz CT molecular complexity index is 1270. The van der Waals surface area contributed by atoms with Gasteiger partial charge in [-0.15, -0.1) is 0 Å². The van der Waals surface area contributed by atoms with Crippen molar-refractivity contribution in [2.75, 3.05) is 14.2 Å². The summed E-state index contributed by atoms with van der Waals surface area (Å²) in [5.74, 6) is 1.37. The normalized spacial score (nSPS) is 10.9. The highest BCUT2D eigenvalue weighted by atomic mass is 16.6. The second kappa shape index (κ2) is 10.2. The Kier molecular flexibility index (Phi) is 7.10. The van der Waals surface area contributed by atoms with E-state index in [4.69, 9.17) is 13.9 Å². The minimum absolute atomic E-state index is 0.0140. The number of nitro benzene ring substituents is 1. The third kappa shape index (κ3) is 5.37. The summed E-state index contributed by atoms with van der Waals surface area (Å²) in [6.45, 7) is 1.89. The third-order valence-corrected chi connectivity index (χ3v) is 4.90. The van der Waals surface area contributed by atoms with Crippen LogP contribution in [0.5, 0.6) is 11.5 Å². The molecule has 0 aliphatic rings. The van der Waals surface area contributed by atoms with E-state index in [2.05, 4.69) is 5.32 Å². The SMILES string of the molecule is COc1ccc(CNC(=O)/C(C#N)=C/c2ccc(-c3ccc([N+](=O)[O-])cc3C)o2)c(OC)c1. The van der Waals surface area contributed by atoms with Crippen LogP contribution in [-0.4, -0.2) is 25.1 Å². The highest BCUT2D eigenvalue weighted by molar-refractivity contribution is 6.01. The molecule has 2 aromatic carbocycles. The van der Waals surface area contributed by atoms with E-state index in [1.54, 1.807) is 50.4 Å². The van der Waals surface area contributed by atoms with Crippen LogP contribution in [0.2, 0.25) is 0 Å². The number of benzene rings is 2. The molecule has 0 aliphatic carbocycles. The average molecular weight is 447 g/mol. The van der Waals surface area contributed by atoms with E-state index >= 15 is 0 Å². The summed E-state index contributed by atoms with van der Waals surface area (Å²) in [6.07, 6.45) is 1.34. The number of furan rings is 1. The fourth-order valence-electron chi connectivity index (χ4n) is 3.17. The van der Waals surface area contributed by atoms with Gasteiger partial charge in [0.15, 0.2) is 0 Å². The van der Waals surface area contributed by atoms with Gasteiger partial charge in [-0.2, -0.15) is 5.26 Å². The Balaban J connectivity index is 1.75. The zero-order chi connectivity index (χ0) is 24.0. The molecule has 0 saturated carbocycles. The lowest BCUT2D eigenvalue weighted by Crippen LogP contribution is -2.24. The number of hydrogen-bond donors (Lipinski definition) is 1. The number of ether oxygens (including phenoxy) is 2. The van der Waals surface area contributed by atoms with E-state index in [1.807, 2.05) is 6.07 Å². The minimum atomic E-state index is -0.570. The first-order valence-corrected chi connectivity index (χ1v) is 9.82. The monoisotopic (exact) mass is 447 g/mol. The molecule has 0 spiro atoms. The molecule has 0 saturated heterocycles. The van der Waals surface area contributed by atoms with Crippen LogP contribution in [0.15, 0.2) is 58.5 Å². The molecular weight excluding hydrogens is 426 g/mol. The molecule has 0 radical (unpaired) electrons. The largest absolute Gasteiger partial charge is 0.497 e. The summed E-state index contributed by atoms with van der Waals surface area (Å²) in [6, 6.07) is 14.8. The number of non-ortho nitro benzene ring substituents is 1. The van der Waals surface area contributed by atoms with Crippen molar-refractivity contribution in [1.29, 1.82) is 5.26 Å². The van der Waals surface area contributed by atoms with Crippen LogP contribution in [0.3, 0.4) is 0 Å². The molecule has 0 aliphatic heterocycles. The Hall–Kier alpha value is -4.58. The molecule has 9 nitrogen and oxygen atoms in total. The molecule has 1 aromatic heterocycles. The van der Waals surface area contributed by atoms with Crippen LogP contribution in [-0.2, 0) is 11.3 Å². The van der Waals surface area contributed by atoms with E-state index < -0.39 is 10.8 Å². The standard InChI is InChI=1S/C24H21N3O6/c1-15-10-18(27(29)30)5-8-21(15)22-9-7-20(33-22)11-17(13-25)24(28)26-14-16-4-6-19(31-2)12-23(16)32-3/h4-12H,14H2,1-3H3,(H,26,28)/b17-11+. The zero-order valence-electron chi connectivity index (χ0n) is 18.2. The van der Waals surface area contributed by atoms with Crippen LogP contribution in [0.25, 0.3) is 17.4 Å². The maximum absolute atomic E-state index is 12.5. The van der Waals surface area contributed by atoms with Gasteiger partial charge in [-0.05, 0) is 42.8 Å². The van der Waals surface area contributed by atoms with Crippen molar-refractivity contribution in [2.45, 2.75) is 13.5 Å². The van der Waals surface area contributed by atoms with E-state index in [9.17, 15) is 20.2 Å². The van der Waals surface area contributed by atoms with Crippen molar-refractivity contribution in [3.8, 4) is 28.9 Å². The summed E-state index contributed by atoms with van der Waals surface area (Å²) in [5.41, 5.74) is 1.91. The summed E-state index contributed by atoms with van der Waals surface area (Å²) in [5, 5.41) is 23.1. The number of nitrogens with one attached hydrogen (secondary N) is 1. The summed E-state index contributed by atoms with van der Waals surface area (Å²) >= 11 is 0. The number of nitriles is 1. The lowest BCUT2D eigenvalue weighted by atomic mass is 10.1. The van der Waals surface area contributed by atoms with E-state index in [0.29, 0.717) is 34.1 Å². The van der Waals surface area contributed by atoms with Crippen molar-refractivity contribution in [1.82, 2.24) is 5.32 Å². The number of rotatable bonds is 8. The number of carbonyl (C=O) groups excluding carboxylic acids is 1. The van der Waals surface area contributed by atoms with Crippen molar-refractivity contribution in [3.63, 3.8) is 0 Å². The van der Waals surface area contributed by atoms with Crippen LogP contribution >= 0.6 is 0 Å². The van der Waals surface area contributed by atoms with Crippen LogP contribution in [0.4, 0.5) is 5.69 Å². The van der Waals surface area contributed by atoms with Crippen LogP contribution in [0.1, 0.15) is 16.9 Å². The highest BCUT2D eigenvalue weighted by Gasteiger charge is 2.15. The number of methoxy groups -OCH3 is 2. The number of amides is 1. The topological polar surface area (TPSA) is 128 Å². The van der Waals surface area contributed by atoms with Gasteiger partial charge in [0.05, 0.1) is 19.1 Å². The molecule has 0 unspecified atom stereocenters. The molecule has 3 aromatic rings. The third-order valence-electron chi connectivity index (χ3n) is 4.90. The summed E-state index contributed by atoms with van der Waals surface area (Å²) in [7, 11) is 3.06. The van der Waals surface area contributed by atoms with Gasteiger partial charge < -0.3 is 19.2 Å². The Morgan fingerprint density at radius 2 is 1.97 bits per heavy atom. The summed E-state index contributed by atoms with van der Waals surface area (Å²) in [4.78, 5) is 23.0. The Morgan fingerprint density at radius 3 is 2.61 bits per heavy atom. The number of nitrogens with zero attached hydrogens (tertiary/aromatic N) is 2. The van der Waals surface area contributed by atoms with E-state index in [1.165, 1.54) is 25.3 Å². The first-order chi connectivity index (χ1) is 15.9. The fraction of sp³-hybridized carbons (Fsp3) is 0.167. The minimum Gasteiger partial charge on any atom is -0.497 e. The van der Waals surface area contributed by atoms with Crippen molar-refractivity contribution in [3.05, 3.63) is 81.1 Å². The van der Waals surface area contributed by atoms with E-state index in [0.717, 1.165) is 5.56 Å². The van der Waals surface area contributed by atoms with Gasteiger partial charge in [0.25, 0.3) is 11.6 Å². The lowest BCUT2D eigenvalue weighted by Gasteiger charge is -2.11. The number of nitro groups is 1. The Morgan fingerprint density at radius 1 is 1.18 bits per heavy atom. The molecule has 0 atom stereocenters. The molecular formula is C24H21N3O6. The van der Waals surface area contributed by atoms with Crippen LogP contribution in [0, 0.1) is 28.4 Å². The number of aryl methyl sites for hydroxylation is 1. The second-order valence-electron chi connectivity index (χ2n) is 6.99. The molecule has 1 heterocycles. The first-order valence-electron chi connectivity index (χ1n) is 9.82. The molecule has 1 amide bonds. The molecule has 3 rings (SSSR count). The predicted molar refractivity (Wildman–Crippen MR) is 121 cm³/mol. The highest BCUT2D eigenvalue weighted by Crippen LogP contribution is 2.29. The number of carbonyl (C=O) groups is 1. The van der Waals surface area contributed by atoms with Gasteiger partial charge >= 0.3 is 0 Å². The lowest BCUT2D eigenvalue weighted by molar-refractivity contribution is -0.384. The van der Waals surface area contributed by atoms with Crippen molar-refractivity contribution in [2.24, 2.45) is 0 Å². The molecule has 168 valence electrons. The second-order valence-corrected chi connectivity index (χ2v) is 6.99. The number of hydrogen-bond acceptors (Lipinski definition) is 7. The van der Waals surface area contributed by atoms with Crippen molar-refractivity contribution < 1.29 is 23.6 Å². The smallest absolute Gasteiger partial charge is 0.269 e. The van der Waals surface area contributed by atoms with Crippen LogP contribution < -0.4 is 14.8 Å². The summed E-state index contributed by atoms with van der Waals surface area (Å²) < 4.78 is 16.2. The fourth-order valence-corrected chi connectivity index (χ4v) is 3.17. The molecule has 9 heteroatoms.